The van der Waals surface area contributed by atoms with Crippen LogP contribution in [0.15, 0.2) is 11.6 Å². The zero-order chi connectivity index (χ0) is 9.56. The van der Waals surface area contributed by atoms with Crippen LogP contribution in [0.3, 0.4) is 0 Å². The second-order valence-corrected chi connectivity index (χ2v) is 3.42. The van der Waals surface area contributed by atoms with Crippen LogP contribution < -0.4 is 0 Å². The normalized spacial score (nSPS) is 12.3. The summed E-state index contributed by atoms with van der Waals surface area (Å²) in [7, 11) is 0. The van der Waals surface area contributed by atoms with E-state index in [0.717, 1.165) is 6.42 Å². The van der Waals surface area contributed by atoms with Crippen LogP contribution in [-0.4, -0.2) is 17.0 Å². The highest BCUT2D eigenvalue weighted by molar-refractivity contribution is 5.75. The summed E-state index contributed by atoms with van der Waals surface area (Å²) in [6.07, 6.45) is 3.44. The lowest BCUT2D eigenvalue weighted by Gasteiger charge is -2.05. The van der Waals surface area contributed by atoms with E-state index in [-0.39, 0.29) is 12.2 Å². The predicted molar refractivity (Wildman–Crippen MR) is 50.0 cm³/mol. The zero-order valence-electron chi connectivity index (χ0n) is 8.13. The van der Waals surface area contributed by atoms with Gasteiger partial charge >= 0.3 is 0 Å². The maximum atomic E-state index is 10.6. The van der Waals surface area contributed by atoms with Crippen LogP contribution in [0.4, 0.5) is 0 Å². The molecule has 0 aromatic heterocycles. The Bertz CT molecular complexity index is 167. The number of allylic oxidation sites excluding steroid dienone is 2. The summed E-state index contributed by atoms with van der Waals surface area (Å²) in [6, 6.07) is 0. The molecule has 0 amide bonds. The minimum Gasteiger partial charge on any atom is -0.393 e. The Balaban J connectivity index is 3.50. The van der Waals surface area contributed by atoms with Crippen LogP contribution in [0.5, 0.6) is 0 Å². The summed E-state index contributed by atoms with van der Waals surface area (Å²) < 4.78 is 0. The van der Waals surface area contributed by atoms with Crippen molar-refractivity contribution >= 4 is 5.78 Å². The van der Waals surface area contributed by atoms with Gasteiger partial charge in [-0.2, -0.15) is 0 Å². The Morgan fingerprint density at radius 2 is 2.00 bits per heavy atom. The average molecular weight is 170 g/mol. The standard InChI is InChI=1S/C10H18O2/c1-8(2)5-4-6-10(12)7-9(3)11/h5,10,12H,4,6-7H2,1-3H3. The van der Waals surface area contributed by atoms with Crippen LogP contribution in [0, 0.1) is 0 Å². The van der Waals surface area contributed by atoms with Gasteiger partial charge < -0.3 is 5.11 Å². The van der Waals surface area contributed by atoms with Gasteiger partial charge in [-0.25, -0.2) is 0 Å². The molecule has 70 valence electrons. The molecule has 0 radical (unpaired) electrons. The fourth-order valence-corrected chi connectivity index (χ4v) is 0.998. The van der Waals surface area contributed by atoms with E-state index >= 15 is 0 Å². The monoisotopic (exact) mass is 170 g/mol. The SMILES string of the molecule is CC(=O)CC(O)CCC=C(C)C. The van der Waals surface area contributed by atoms with Gasteiger partial charge in [-0.15, -0.1) is 0 Å². The highest BCUT2D eigenvalue weighted by atomic mass is 16.3. The Morgan fingerprint density at radius 3 is 2.42 bits per heavy atom. The molecule has 0 aromatic rings. The van der Waals surface area contributed by atoms with Crippen molar-refractivity contribution in [3.05, 3.63) is 11.6 Å². The number of hydrogen-bond donors (Lipinski definition) is 1. The molecule has 1 N–H and O–H groups in total. The van der Waals surface area contributed by atoms with Gasteiger partial charge in [0.05, 0.1) is 6.10 Å². The third-order valence-electron chi connectivity index (χ3n) is 1.58. The van der Waals surface area contributed by atoms with E-state index in [1.54, 1.807) is 0 Å². The molecule has 0 rings (SSSR count). The van der Waals surface area contributed by atoms with Crippen molar-refractivity contribution < 1.29 is 9.90 Å². The van der Waals surface area contributed by atoms with Crippen molar-refractivity contribution in [3.8, 4) is 0 Å². The lowest BCUT2D eigenvalue weighted by atomic mass is 10.1. The van der Waals surface area contributed by atoms with Gasteiger partial charge in [0, 0.05) is 6.42 Å². The number of carbonyl (C=O) groups is 1. The quantitative estimate of drug-likeness (QED) is 0.641. The fourth-order valence-electron chi connectivity index (χ4n) is 0.998. The number of aliphatic hydroxyl groups excluding tert-OH is 1. The first-order valence-corrected chi connectivity index (χ1v) is 4.33. The summed E-state index contributed by atoms with van der Waals surface area (Å²) >= 11 is 0. The fraction of sp³-hybridized carbons (Fsp3) is 0.700. The number of carbonyl (C=O) groups excluding carboxylic acids is 1. The van der Waals surface area contributed by atoms with Crippen LogP contribution >= 0.6 is 0 Å². The molecular formula is C10H18O2. The second-order valence-electron chi connectivity index (χ2n) is 3.42. The summed E-state index contributed by atoms with van der Waals surface area (Å²) in [5.74, 6) is 0.0553. The number of ketones is 1. The lowest BCUT2D eigenvalue weighted by molar-refractivity contribution is -0.118. The Morgan fingerprint density at radius 1 is 1.42 bits per heavy atom. The average Bonchev–Trinajstić information content (AvgIpc) is 1.84. The number of hydrogen-bond acceptors (Lipinski definition) is 2. The molecule has 0 spiro atoms. The highest BCUT2D eigenvalue weighted by Crippen LogP contribution is 2.04. The molecule has 1 unspecified atom stereocenters. The molecule has 0 aliphatic rings. The van der Waals surface area contributed by atoms with Crippen LogP contribution in [0.25, 0.3) is 0 Å². The topological polar surface area (TPSA) is 37.3 Å². The molecule has 0 bridgehead atoms. The zero-order valence-corrected chi connectivity index (χ0v) is 8.13. The van der Waals surface area contributed by atoms with E-state index in [1.165, 1.54) is 12.5 Å². The van der Waals surface area contributed by atoms with Crippen molar-refractivity contribution in [1.82, 2.24) is 0 Å². The second kappa shape index (κ2) is 5.95. The van der Waals surface area contributed by atoms with E-state index in [4.69, 9.17) is 0 Å². The first-order chi connectivity index (χ1) is 5.52. The maximum absolute atomic E-state index is 10.6. The van der Waals surface area contributed by atoms with Crippen LogP contribution in [-0.2, 0) is 4.79 Å². The third-order valence-corrected chi connectivity index (χ3v) is 1.58. The van der Waals surface area contributed by atoms with E-state index in [9.17, 15) is 9.90 Å². The molecule has 0 aliphatic heterocycles. The Hall–Kier alpha value is -0.630. The molecule has 0 aliphatic carbocycles. The van der Waals surface area contributed by atoms with Gasteiger partial charge in [0.25, 0.3) is 0 Å². The van der Waals surface area contributed by atoms with Crippen molar-refractivity contribution in [1.29, 1.82) is 0 Å². The summed E-state index contributed by atoms with van der Waals surface area (Å²) in [6.45, 7) is 5.55. The molecule has 12 heavy (non-hydrogen) atoms. The van der Waals surface area contributed by atoms with Crippen LogP contribution in [0.2, 0.25) is 0 Å². The molecule has 2 heteroatoms. The van der Waals surface area contributed by atoms with E-state index in [0.29, 0.717) is 6.42 Å². The smallest absolute Gasteiger partial charge is 0.132 e. The number of rotatable bonds is 5. The van der Waals surface area contributed by atoms with Gasteiger partial charge in [-0.3, -0.25) is 4.79 Å². The maximum Gasteiger partial charge on any atom is 0.132 e. The first kappa shape index (κ1) is 11.4. The van der Waals surface area contributed by atoms with Gasteiger partial charge in [0.2, 0.25) is 0 Å². The molecular weight excluding hydrogens is 152 g/mol. The van der Waals surface area contributed by atoms with Gasteiger partial charge in [-0.05, 0) is 33.6 Å². The first-order valence-electron chi connectivity index (χ1n) is 4.33. The minimum atomic E-state index is -0.460. The highest BCUT2D eigenvalue weighted by Gasteiger charge is 2.05. The van der Waals surface area contributed by atoms with Crippen molar-refractivity contribution in [2.24, 2.45) is 0 Å². The Labute approximate surface area is 74.3 Å². The summed E-state index contributed by atoms with van der Waals surface area (Å²) in [5.41, 5.74) is 1.25. The van der Waals surface area contributed by atoms with Crippen LogP contribution in [0.1, 0.15) is 40.0 Å². The van der Waals surface area contributed by atoms with E-state index in [2.05, 4.69) is 6.08 Å². The molecule has 0 fully saturated rings. The third kappa shape index (κ3) is 7.48. The molecule has 2 nitrogen and oxygen atoms in total. The van der Waals surface area contributed by atoms with Crippen molar-refractivity contribution in [3.63, 3.8) is 0 Å². The van der Waals surface area contributed by atoms with Gasteiger partial charge in [0.15, 0.2) is 0 Å². The van der Waals surface area contributed by atoms with E-state index in [1.807, 2.05) is 13.8 Å². The minimum absolute atomic E-state index is 0.0553. The number of Topliss-reactive ketones (excluding diaryl/α,β-unsaturated/α-hetero) is 1. The predicted octanol–water partition coefficient (Wildman–Crippen LogP) is 2.07. The molecule has 0 saturated carbocycles. The molecule has 0 heterocycles. The van der Waals surface area contributed by atoms with Crippen molar-refractivity contribution in [2.75, 3.05) is 0 Å². The van der Waals surface area contributed by atoms with Gasteiger partial charge in [0.1, 0.15) is 5.78 Å². The molecule has 0 saturated heterocycles. The lowest BCUT2D eigenvalue weighted by Crippen LogP contribution is -2.10. The molecule has 0 aromatic carbocycles. The van der Waals surface area contributed by atoms with Crippen molar-refractivity contribution in [2.45, 2.75) is 46.1 Å². The summed E-state index contributed by atoms with van der Waals surface area (Å²) in [4.78, 5) is 10.6. The molecule has 1 atom stereocenters. The summed E-state index contributed by atoms with van der Waals surface area (Å²) in [5, 5.41) is 9.28. The number of aliphatic hydroxyl groups is 1. The van der Waals surface area contributed by atoms with Gasteiger partial charge in [-0.1, -0.05) is 11.6 Å². The largest absolute Gasteiger partial charge is 0.393 e. The Kier molecular flexibility index (Phi) is 5.64. The van der Waals surface area contributed by atoms with E-state index < -0.39 is 6.10 Å².